The fourth-order valence-corrected chi connectivity index (χ4v) is 3.09. The van der Waals surface area contributed by atoms with Gasteiger partial charge in [-0.05, 0) is 36.8 Å². The first-order valence-corrected chi connectivity index (χ1v) is 8.03. The van der Waals surface area contributed by atoms with Crippen LogP contribution in [-0.2, 0) is 9.59 Å². The molecule has 0 fully saturated rings. The number of carbonyl (C=O) groups is 2. The highest BCUT2D eigenvalue weighted by atomic mass is 16.5. The minimum absolute atomic E-state index is 0.0722. The average molecular weight is 353 g/mol. The molecule has 0 radical (unpaired) electrons. The molecule has 1 atom stereocenters. The van der Waals surface area contributed by atoms with Gasteiger partial charge in [0.1, 0.15) is 11.5 Å². The van der Waals surface area contributed by atoms with Gasteiger partial charge in [0.25, 0.3) is 5.91 Å². The van der Waals surface area contributed by atoms with E-state index in [0.29, 0.717) is 22.7 Å². The van der Waals surface area contributed by atoms with Gasteiger partial charge in [-0.15, -0.1) is 0 Å². The van der Waals surface area contributed by atoms with Gasteiger partial charge in [0.2, 0.25) is 0 Å². The summed E-state index contributed by atoms with van der Waals surface area (Å²) in [5.41, 5.74) is 1.29. The number of nitrogens with zero attached hydrogens (tertiary/aromatic N) is 1. The number of aliphatic hydroxyl groups is 1. The Balaban J connectivity index is 2.14. The molecule has 3 rings (SSSR count). The number of methoxy groups -OCH3 is 2. The molecular formula is C20H19NO5. The molecule has 1 aliphatic heterocycles. The zero-order chi connectivity index (χ0) is 18.8. The molecule has 0 aromatic heterocycles. The second kappa shape index (κ2) is 6.92. The Kier molecular flexibility index (Phi) is 4.67. The van der Waals surface area contributed by atoms with Crippen molar-refractivity contribution in [3.8, 4) is 11.5 Å². The summed E-state index contributed by atoms with van der Waals surface area (Å²) in [7, 11) is 3.09. The van der Waals surface area contributed by atoms with Crippen molar-refractivity contribution in [2.75, 3.05) is 19.1 Å². The summed E-state index contributed by atoms with van der Waals surface area (Å²) >= 11 is 0. The molecule has 134 valence electrons. The standard InChI is InChI=1S/C20H19NO5/c1-12(22)17-18(13-7-9-15(25-2)10-8-13)21(20(24)19(17)23)14-5-4-6-16(11-14)26-3/h4-11,18,23H,1-3H3. The Morgan fingerprint density at radius 3 is 2.27 bits per heavy atom. The molecule has 0 spiro atoms. The maximum Gasteiger partial charge on any atom is 0.294 e. The van der Waals surface area contributed by atoms with E-state index in [4.69, 9.17) is 9.47 Å². The zero-order valence-electron chi connectivity index (χ0n) is 14.7. The largest absolute Gasteiger partial charge is 0.503 e. The molecule has 6 heteroatoms. The number of rotatable bonds is 5. The lowest BCUT2D eigenvalue weighted by molar-refractivity contribution is -0.117. The van der Waals surface area contributed by atoms with Gasteiger partial charge in [0.05, 0.1) is 25.8 Å². The predicted molar refractivity (Wildman–Crippen MR) is 96.6 cm³/mol. The van der Waals surface area contributed by atoms with Crippen molar-refractivity contribution < 1.29 is 24.2 Å². The van der Waals surface area contributed by atoms with Crippen LogP contribution in [0.4, 0.5) is 5.69 Å². The van der Waals surface area contributed by atoms with Gasteiger partial charge < -0.3 is 14.6 Å². The first-order valence-electron chi connectivity index (χ1n) is 8.03. The lowest BCUT2D eigenvalue weighted by Crippen LogP contribution is -2.30. The smallest absolute Gasteiger partial charge is 0.294 e. The minimum atomic E-state index is -0.724. The van der Waals surface area contributed by atoms with Crippen molar-refractivity contribution in [2.24, 2.45) is 0 Å². The zero-order valence-corrected chi connectivity index (χ0v) is 14.7. The molecule has 2 aromatic carbocycles. The van der Waals surface area contributed by atoms with Gasteiger partial charge in [-0.1, -0.05) is 18.2 Å². The molecule has 6 nitrogen and oxygen atoms in total. The molecule has 2 aromatic rings. The van der Waals surface area contributed by atoms with Crippen molar-refractivity contribution in [3.63, 3.8) is 0 Å². The highest BCUT2D eigenvalue weighted by Crippen LogP contribution is 2.41. The normalized spacial score (nSPS) is 16.8. The molecule has 1 aliphatic rings. The van der Waals surface area contributed by atoms with Crippen LogP contribution in [0.5, 0.6) is 11.5 Å². The van der Waals surface area contributed by atoms with E-state index in [1.165, 1.54) is 18.9 Å². The van der Waals surface area contributed by atoms with E-state index in [-0.39, 0.29) is 11.4 Å². The van der Waals surface area contributed by atoms with Gasteiger partial charge in [0.15, 0.2) is 11.5 Å². The summed E-state index contributed by atoms with van der Waals surface area (Å²) in [6, 6.07) is 13.2. The molecule has 26 heavy (non-hydrogen) atoms. The van der Waals surface area contributed by atoms with Crippen LogP contribution in [0.3, 0.4) is 0 Å². The lowest BCUT2D eigenvalue weighted by atomic mass is 9.96. The van der Waals surface area contributed by atoms with E-state index in [1.807, 2.05) is 0 Å². The van der Waals surface area contributed by atoms with E-state index in [0.717, 1.165) is 0 Å². The molecule has 1 amide bonds. The van der Waals surface area contributed by atoms with E-state index < -0.39 is 17.7 Å². The molecule has 0 saturated carbocycles. The van der Waals surface area contributed by atoms with Crippen LogP contribution in [0.25, 0.3) is 0 Å². The first-order chi connectivity index (χ1) is 12.5. The van der Waals surface area contributed by atoms with Gasteiger partial charge in [-0.3, -0.25) is 14.5 Å². The summed E-state index contributed by atoms with van der Waals surface area (Å²) in [6.07, 6.45) is 0. The summed E-state index contributed by atoms with van der Waals surface area (Å²) in [4.78, 5) is 26.3. The molecule has 1 heterocycles. The highest BCUT2D eigenvalue weighted by molar-refractivity contribution is 6.16. The number of ketones is 1. The topological polar surface area (TPSA) is 76.1 Å². The van der Waals surface area contributed by atoms with Crippen LogP contribution in [0.15, 0.2) is 59.9 Å². The number of hydrogen-bond acceptors (Lipinski definition) is 5. The molecule has 0 saturated heterocycles. The van der Waals surface area contributed by atoms with Crippen LogP contribution in [0.1, 0.15) is 18.5 Å². The number of Topliss-reactive ketones (excluding diaryl/α,β-unsaturated/α-hetero) is 1. The van der Waals surface area contributed by atoms with E-state index in [1.54, 1.807) is 55.6 Å². The number of carbonyl (C=O) groups excluding carboxylic acids is 2. The predicted octanol–water partition coefficient (Wildman–Crippen LogP) is 3.19. The van der Waals surface area contributed by atoms with Crippen LogP contribution >= 0.6 is 0 Å². The highest BCUT2D eigenvalue weighted by Gasteiger charge is 2.43. The average Bonchev–Trinajstić information content (AvgIpc) is 2.93. The quantitative estimate of drug-likeness (QED) is 0.893. The summed E-state index contributed by atoms with van der Waals surface area (Å²) in [6.45, 7) is 1.34. The SMILES string of the molecule is COc1ccc(C2C(C(C)=O)=C(O)C(=O)N2c2cccc(OC)c2)cc1. The second-order valence-corrected chi connectivity index (χ2v) is 5.87. The molecule has 1 unspecified atom stereocenters. The summed E-state index contributed by atoms with van der Waals surface area (Å²) < 4.78 is 10.4. The van der Waals surface area contributed by atoms with Crippen LogP contribution in [0.2, 0.25) is 0 Å². The first kappa shape index (κ1) is 17.5. The molecule has 0 bridgehead atoms. The fourth-order valence-electron chi connectivity index (χ4n) is 3.09. The van der Waals surface area contributed by atoms with Crippen LogP contribution < -0.4 is 14.4 Å². The van der Waals surface area contributed by atoms with Crippen LogP contribution in [0, 0.1) is 0 Å². The fraction of sp³-hybridized carbons (Fsp3) is 0.200. The summed E-state index contributed by atoms with van der Waals surface area (Å²) in [5.74, 6) is -0.282. The van der Waals surface area contributed by atoms with Crippen molar-refractivity contribution in [1.29, 1.82) is 0 Å². The van der Waals surface area contributed by atoms with E-state index in [2.05, 4.69) is 0 Å². The number of aliphatic hydroxyl groups excluding tert-OH is 1. The molecule has 0 aliphatic carbocycles. The van der Waals surface area contributed by atoms with Gasteiger partial charge >= 0.3 is 0 Å². The van der Waals surface area contributed by atoms with E-state index >= 15 is 0 Å². The third-order valence-corrected chi connectivity index (χ3v) is 4.35. The Hall–Kier alpha value is -3.28. The minimum Gasteiger partial charge on any atom is -0.503 e. The Morgan fingerprint density at radius 1 is 1.04 bits per heavy atom. The van der Waals surface area contributed by atoms with Gasteiger partial charge in [0, 0.05) is 11.8 Å². The summed E-state index contributed by atoms with van der Waals surface area (Å²) in [5, 5.41) is 10.3. The Labute approximate surface area is 151 Å². The molecule has 1 N–H and O–H groups in total. The van der Waals surface area contributed by atoms with Gasteiger partial charge in [-0.25, -0.2) is 0 Å². The Morgan fingerprint density at radius 2 is 1.69 bits per heavy atom. The van der Waals surface area contributed by atoms with Crippen molar-refractivity contribution in [3.05, 3.63) is 65.4 Å². The number of benzene rings is 2. The maximum absolute atomic E-state index is 12.7. The third-order valence-electron chi connectivity index (χ3n) is 4.35. The number of amides is 1. The van der Waals surface area contributed by atoms with Crippen molar-refractivity contribution >= 4 is 17.4 Å². The van der Waals surface area contributed by atoms with Crippen molar-refractivity contribution in [1.82, 2.24) is 0 Å². The van der Waals surface area contributed by atoms with Gasteiger partial charge in [-0.2, -0.15) is 0 Å². The van der Waals surface area contributed by atoms with E-state index in [9.17, 15) is 14.7 Å². The Bertz CT molecular complexity index is 885. The van der Waals surface area contributed by atoms with Crippen LogP contribution in [-0.4, -0.2) is 31.0 Å². The second-order valence-electron chi connectivity index (χ2n) is 5.87. The number of ether oxygens (including phenoxy) is 2. The number of anilines is 1. The number of hydrogen-bond donors (Lipinski definition) is 1. The monoisotopic (exact) mass is 353 g/mol. The van der Waals surface area contributed by atoms with Crippen molar-refractivity contribution in [2.45, 2.75) is 13.0 Å². The third kappa shape index (κ3) is 2.90. The maximum atomic E-state index is 12.7. The molecular weight excluding hydrogens is 334 g/mol. The lowest BCUT2D eigenvalue weighted by Gasteiger charge is -2.27.